The molecule has 0 radical (unpaired) electrons. The lowest BCUT2D eigenvalue weighted by Gasteiger charge is -2.25. The van der Waals surface area contributed by atoms with E-state index in [1.807, 2.05) is 34.2 Å². The molecule has 5 rings (SSSR count). The Balaban J connectivity index is 1.34. The lowest BCUT2D eigenvalue weighted by molar-refractivity contribution is 0.0938. The van der Waals surface area contributed by atoms with Gasteiger partial charge in [-0.15, -0.1) is 22.7 Å². The summed E-state index contributed by atoms with van der Waals surface area (Å²) in [4.78, 5) is 22.2. The third-order valence-corrected chi connectivity index (χ3v) is 6.65. The molecule has 1 atom stereocenters. The van der Waals surface area contributed by atoms with Gasteiger partial charge >= 0.3 is 0 Å². The molecule has 26 heavy (non-hydrogen) atoms. The van der Waals surface area contributed by atoms with Crippen LogP contribution in [0.25, 0.3) is 15.3 Å². The molecule has 4 aromatic rings. The minimum Gasteiger partial charge on any atom is -0.468 e. The van der Waals surface area contributed by atoms with Crippen LogP contribution in [-0.2, 0) is 0 Å². The van der Waals surface area contributed by atoms with Gasteiger partial charge in [0.1, 0.15) is 10.6 Å². The van der Waals surface area contributed by atoms with Crippen molar-refractivity contribution in [3.63, 3.8) is 0 Å². The molecule has 1 aliphatic rings. The maximum Gasteiger partial charge on any atom is 0.261 e. The Bertz CT molecular complexity index is 1040. The van der Waals surface area contributed by atoms with E-state index in [2.05, 4.69) is 15.2 Å². The van der Waals surface area contributed by atoms with E-state index in [-0.39, 0.29) is 11.9 Å². The highest BCUT2D eigenvalue weighted by atomic mass is 32.1. The van der Waals surface area contributed by atoms with Crippen LogP contribution in [0.2, 0.25) is 0 Å². The zero-order chi connectivity index (χ0) is 17.5. The van der Waals surface area contributed by atoms with Gasteiger partial charge in [-0.1, -0.05) is 0 Å². The molecule has 0 aromatic carbocycles. The molecule has 0 spiro atoms. The number of fused-ring (bicyclic) bond motifs is 3. The maximum atomic E-state index is 12.7. The van der Waals surface area contributed by atoms with Crippen molar-refractivity contribution < 1.29 is 9.21 Å². The molecular weight excluding hydrogens is 368 g/mol. The van der Waals surface area contributed by atoms with Crippen molar-refractivity contribution in [1.82, 2.24) is 19.6 Å². The highest BCUT2D eigenvalue weighted by Gasteiger charge is 2.26. The Morgan fingerprint density at radius 3 is 3.08 bits per heavy atom. The molecular formula is C18H18N4O2S2. The fourth-order valence-corrected chi connectivity index (χ4v) is 5.30. The number of furan rings is 1. The molecule has 1 fully saturated rings. The molecule has 134 valence electrons. The summed E-state index contributed by atoms with van der Waals surface area (Å²) in [5, 5.41) is 5.10. The van der Waals surface area contributed by atoms with Gasteiger partial charge in [0.15, 0.2) is 4.96 Å². The summed E-state index contributed by atoms with van der Waals surface area (Å²) in [5.41, 5.74) is 0.999. The lowest BCUT2D eigenvalue weighted by atomic mass is 10.2. The first kappa shape index (κ1) is 16.0. The van der Waals surface area contributed by atoms with Crippen LogP contribution < -0.4 is 5.32 Å². The first-order chi connectivity index (χ1) is 12.8. The number of rotatable bonds is 5. The van der Waals surface area contributed by atoms with Crippen molar-refractivity contribution in [3.05, 3.63) is 46.7 Å². The Hall–Kier alpha value is -2.16. The smallest absolute Gasteiger partial charge is 0.261 e. The summed E-state index contributed by atoms with van der Waals surface area (Å²) < 4.78 is 7.65. The number of hydrogen-bond donors (Lipinski definition) is 1. The number of likely N-dealkylation sites (tertiary alicyclic amines) is 1. The molecule has 1 N–H and O–H groups in total. The number of imidazole rings is 1. The van der Waals surface area contributed by atoms with Crippen molar-refractivity contribution in [2.24, 2.45) is 0 Å². The molecule has 1 saturated heterocycles. The third kappa shape index (κ3) is 2.74. The second-order valence-corrected chi connectivity index (χ2v) is 8.36. The van der Waals surface area contributed by atoms with E-state index in [1.165, 1.54) is 24.2 Å². The van der Waals surface area contributed by atoms with Crippen LogP contribution in [0.15, 0.2) is 40.5 Å². The Morgan fingerprint density at radius 1 is 1.38 bits per heavy atom. The van der Waals surface area contributed by atoms with Crippen molar-refractivity contribution in [2.75, 3.05) is 19.6 Å². The molecule has 4 aromatic heterocycles. The monoisotopic (exact) mass is 386 g/mol. The number of carbonyl (C=O) groups excluding carboxylic acids is 1. The predicted octanol–water partition coefficient (Wildman–Crippen LogP) is 3.77. The van der Waals surface area contributed by atoms with Gasteiger partial charge < -0.3 is 9.73 Å². The van der Waals surface area contributed by atoms with Gasteiger partial charge in [0, 0.05) is 18.1 Å². The van der Waals surface area contributed by atoms with Gasteiger partial charge in [-0.25, -0.2) is 4.98 Å². The van der Waals surface area contributed by atoms with Crippen LogP contribution in [0.5, 0.6) is 0 Å². The van der Waals surface area contributed by atoms with Crippen LogP contribution in [0, 0.1) is 0 Å². The minimum atomic E-state index is -0.0484. The fourth-order valence-electron chi connectivity index (χ4n) is 3.58. The molecule has 0 bridgehead atoms. The quantitative estimate of drug-likeness (QED) is 0.567. The van der Waals surface area contributed by atoms with Crippen LogP contribution in [0.1, 0.15) is 34.3 Å². The zero-order valence-electron chi connectivity index (χ0n) is 14.1. The lowest BCUT2D eigenvalue weighted by Crippen LogP contribution is -2.36. The SMILES string of the molecule is O=C(NCC(c1ccco1)N1CCCC1)c1cc2c(nc3sccn32)s1. The normalized spacial score (nSPS) is 16.6. The maximum absolute atomic E-state index is 12.7. The molecule has 1 aliphatic heterocycles. The third-order valence-electron chi connectivity index (χ3n) is 4.87. The summed E-state index contributed by atoms with van der Waals surface area (Å²) in [7, 11) is 0. The van der Waals surface area contributed by atoms with E-state index in [0.29, 0.717) is 11.4 Å². The van der Waals surface area contributed by atoms with Gasteiger partial charge in [-0.2, -0.15) is 0 Å². The number of hydrogen-bond acceptors (Lipinski definition) is 6. The Labute approximate surface area is 158 Å². The van der Waals surface area contributed by atoms with Gasteiger partial charge in [0.2, 0.25) is 0 Å². The summed E-state index contributed by atoms with van der Waals surface area (Å²) in [6.07, 6.45) is 6.08. The van der Waals surface area contributed by atoms with Crippen LogP contribution in [-0.4, -0.2) is 39.8 Å². The Morgan fingerprint density at radius 2 is 2.27 bits per heavy atom. The minimum absolute atomic E-state index is 0.0484. The summed E-state index contributed by atoms with van der Waals surface area (Å²) in [5.74, 6) is 0.863. The van der Waals surface area contributed by atoms with Gasteiger partial charge in [-0.3, -0.25) is 14.1 Å². The number of carbonyl (C=O) groups is 1. The van der Waals surface area contributed by atoms with Gasteiger partial charge in [0.05, 0.1) is 22.7 Å². The standard InChI is InChI=1S/C18H18N4O2S2/c23-16(15-10-12-17(26-15)20-18-22(12)7-9-25-18)19-11-13(14-4-3-8-24-14)21-5-1-2-6-21/h3-4,7-10,13H,1-2,5-6,11H2,(H,19,23). The summed E-state index contributed by atoms with van der Waals surface area (Å²) in [6.45, 7) is 2.64. The van der Waals surface area contributed by atoms with E-state index < -0.39 is 0 Å². The van der Waals surface area contributed by atoms with E-state index in [4.69, 9.17) is 4.42 Å². The van der Waals surface area contributed by atoms with Crippen molar-refractivity contribution in [1.29, 1.82) is 0 Å². The van der Waals surface area contributed by atoms with E-state index >= 15 is 0 Å². The molecule has 0 aliphatic carbocycles. The molecule has 6 nitrogen and oxygen atoms in total. The fraction of sp³-hybridized carbons (Fsp3) is 0.333. The van der Waals surface area contributed by atoms with Crippen molar-refractivity contribution in [2.45, 2.75) is 18.9 Å². The average molecular weight is 387 g/mol. The average Bonchev–Trinajstić information content (AvgIpc) is 3.41. The first-order valence-electron chi connectivity index (χ1n) is 8.70. The van der Waals surface area contributed by atoms with Crippen LogP contribution >= 0.6 is 22.7 Å². The van der Waals surface area contributed by atoms with Crippen molar-refractivity contribution >= 4 is 43.9 Å². The second kappa shape index (κ2) is 6.53. The number of thiophene rings is 1. The first-order valence-corrected chi connectivity index (χ1v) is 10.4. The summed E-state index contributed by atoms with van der Waals surface area (Å²) >= 11 is 3.04. The van der Waals surface area contributed by atoms with Gasteiger partial charge in [-0.05, 0) is 44.1 Å². The zero-order valence-corrected chi connectivity index (χ0v) is 15.7. The molecule has 0 saturated carbocycles. The number of nitrogens with zero attached hydrogens (tertiary/aromatic N) is 3. The Kier molecular flexibility index (Phi) is 4.03. The van der Waals surface area contributed by atoms with Crippen LogP contribution in [0.3, 0.4) is 0 Å². The van der Waals surface area contributed by atoms with E-state index in [0.717, 1.165) is 34.2 Å². The molecule has 8 heteroatoms. The number of nitrogens with one attached hydrogen (secondary N) is 1. The number of thiazole rings is 1. The van der Waals surface area contributed by atoms with Gasteiger partial charge in [0.25, 0.3) is 5.91 Å². The topological polar surface area (TPSA) is 62.8 Å². The number of amides is 1. The second-order valence-electron chi connectivity index (χ2n) is 6.45. The summed E-state index contributed by atoms with van der Waals surface area (Å²) in [6, 6.07) is 5.91. The van der Waals surface area contributed by atoms with E-state index in [1.54, 1.807) is 17.6 Å². The highest BCUT2D eigenvalue weighted by Crippen LogP contribution is 2.29. The van der Waals surface area contributed by atoms with Crippen molar-refractivity contribution in [3.8, 4) is 0 Å². The largest absolute Gasteiger partial charge is 0.468 e. The molecule has 1 amide bonds. The number of aromatic nitrogens is 2. The van der Waals surface area contributed by atoms with E-state index in [9.17, 15) is 4.79 Å². The predicted molar refractivity (Wildman–Crippen MR) is 103 cm³/mol. The highest BCUT2D eigenvalue weighted by molar-refractivity contribution is 7.21. The molecule has 1 unspecified atom stereocenters. The molecule has 5 heterocycles. The van der Waals surface area contributed by atoms with Crippen LogP contribution in [0.4, 0.5) is 0 Å².